The second-order valence-corrected chi connectivity index (χ2v) is 7.52. The minimum Gasteiger partial charge on any atom is -0.465 e. The van der Waals surface area contributed by atoms with Gasteiger partial charge in [-0.2, -0.15) is 0 Å². The molecule has 0 bridgehead atoms. The Labute approximate surface area is 193 Å². The van der Waals surface area contributed by atoms with Gasteiger partial charge in [0, 0.05) is 31.5 Å². The molecule has 1 aromatic carbocycles. The number of carbonyl (C=O) groups excluding carboxylic acids is 2. The Bertz CT molecular complexity index is 771. The number of carboxylic acid groups (broad SMARTS) is 1. The Morgan fingerprint density at radius 3 is 2.03 bits per heavy atom. The van der Waals surface area contributed by atoms with Crippen LogP contribution in [0, 0.1) is 5.82 Å². The average Bonchev–Trinajstić information content (AvgIpc) is 2.76. The predicted octanol–water partition coefficient (Wildman–Crippen LogP) is 1.78. The van der Waals surface area contributed by atoms with Gasteiger partial charge in [-0.3, -0.25) is 14.5 Å². The van der Waals surface area contributed by atoms with Gasteiger partial charge in [0.1, 0.15) is 17.9 Å². The van der Waals surface area contributed by atoms with Crippen molar-refractivity contribution >= 4 is 23.6 Å². The zero-order chi connectivity index (χ0) is 25.1. The second kappa shape index (κ2) is 13.7. The van der Waals surface area contributed by atoms with E-state index in [4.69, 9.17) is 20.3 Å². The summed E-state index contributed by atoms with van der Waals surface area (Å²) >= 11 is 0. The molecular formula is C22H35FN4O6. The maximum absolute atomic E-state index is 13.5. The van der Waals surface area contributed by atoms with E-state index in [2.05, 4.69) is 5.32 Å². The van der Waals surface area contributed by atoms with Gasteiger partial charge in [-0.05, 0) is 58.9 Å². The number of ether oxygens (including phenoxy) is 2. The highest BCUT2D eigenvalue weighted by atomic mass is 19.1. The van der Waals surface area contributed by atoms with E-state index < -0.39 is 42.1 Å². The van der Waals surface area contributed by atoms with Gasteiger partial charge < -0.3 is 30.5 Å². The maximum Gasteiger partial charge on any atom is 0.405 e. The SMILES string of the molecule is CCOC(CN(C(=O)C(C)N(C(=O)C(CN)NC(=O)O)c1ccc(F)cc1)C(C)C)OCC. The molecule has 10 nitrogen and oxygen atoms in total. The number of amides is 3. The zero-order valence-corrected chi connectivity index (χ0v) is 19.8. The highest BCUT2D eigenvalue weighted by molar-refractivity contribution is 6.04. The van der Waals surface area contributed by atoms with Crippen molar-refractivity contribution in [1.29, 1.82) is 0 Å². The van der Waals surface area contributed by atoms with Crippen LogP contribution in [0.5, 0.6) is 0 Å². The lowest BCUT2D eigenvalue weighted by molar-refractivity contribution is -0.162. The fourth-order valence-electron chi connectivity index (χ4n) is 3.27. The van der Waals surface area contributed by atoms with Crippen molar-refractivity contribution in [3.63, 3.8) is 0 Å². The summed E-state index contributed by atoms with van der Waals surface area (Å²) in [6.45, 7) is 9.36. The summed E-state index contributed by atoms with van der Waals surface area (Å²) in [6.07, 6.45) is -2.09. The molecular weight excluding hydrogens is 435 g/mol. The quantitative estimate of drug-likeness (QED) is 0.374. The van der Waals surface area contributed by atoms with E-state index in [-0.39, 0.29) is 24.8 Å². The second-order valence-electron chi connectivity index (χ2n) is 7.52. The molecule has 0 heterocycles. The molecule has 4 N–H and O–H groups in total. The van der Waals surface area contributed by atoms with Gasteiger partial charge in [0.2, 0.25) is 5.91 Å². The van der Waals surface area contributed by atoms with E-state index >= 15 is 0 Å². The highest BCUT2D eigenvalue weighted by Gasteiger charge is 2.36. The summed E-state index contributed by atoms with van der Waals surface area (Å²) < 4.78 is 24.6. The Morgan fingerprint density at radius 2 is 1.61 bits per heavy atom. The zero-order valence-electron chi connectivity index (χ0n) is 19.8. The lowest BCUT2D eigenvalue weighted by atomic mass is 10.1. The molecule has 11 heteroatoms. The van der Waals surface area contributed by atoms with E-state index in [1.165, 1.54) is 24.0 Å². The number of hydrogen-bond donors (Lipinski definition) is 3. The van der Waals surface area contributed by atoms with Gasteiger partial charge in [0.05, 0.1) is 6.54 Å². The number of hydrogen-bond acceptors (Lipinski definition) is 6. The van der Waals surface area contributed by atoms with Crippen LogP contribution in [0.25, 0.3) is 0 Å². The van der Waals surface area contributed by atoms with Gasteiger partial charge in [0.15, 0.2) is 6.29 Å². The van der Waals surface area contributed by atoms with Crippen molar-refractivity contribution in [2.45, 2.75) is 59.0 Å². The smallest absolute Gasteiger partial charge is 0.405 e. The fraction of sp³-hybridized carbons (Fsp3) is 0.591. The monoisotopic (exact) mass is 470 g/mol. The van der Waals surface area contributed by atoms with Crippen LogP contribution >= 0.6 is 0 Å². The van der Waals surface area contributed by atoms with Gasteiger partial charge in [0.25, 0.3) is 5.91 Å². The first-order chi connectivity index (χ1) is 15.6. The normalized spacial score (nSPS) is 13.0. The highest BCUT2D eigenvalue weighted by Crippen LogP contribution is 2.21. The molecule has 2 atom stereocenters. The molecule has 2 unspecified atom stereocenters. The molecule has 1 aromatic rings. The Kier molecular flexibility index (Phi) is 11.7. The standard InChI is InChI=1S/C22H35FN4O6/c1-6-32-19(33-7-2)13-26(14(3)4)20(28)15(5)27(17-10-8-16(23)9-11-17)21(29)18(12-24)25-22(30)31/h8-11,14-15,18-19,25H,6-7,12-13,24H2,1-5H3,(H,30,31). The molecule has 0 aliphatic carbocycles. The van der Waals surface area contributed by atoms with Crippen molar-refractivity contribution in [3.05, 3.63) is 30.1 Å². The molecule has 0 aromatic heterocycles. The van der Waals surface area contributed by atoms with Crippen LogP contribution in [0.3, 0.4) is 0 Å². The van der Waals surface area contributed by atoms with Crippen molar-refractivity contribution in [1.82, 2.24) is 10.2 Å². The largest absolute Gasteiger partial charge is 0.465 e. The van der Waals surface area contributed by atoms with Crippen LogP contribution in [0.4, 0.5) is 14.9 Å². The van der Waals surface area contributed by atoms with Crippen LogP contribution in [0.1, 0.15) is 34.6 Å². The van der Waals surface area contributed by atoms with Crippen LogP contribution in [-0.2, 0) is 19.1 Å². The average molecular weight is 471 g/mol. The number of rotatable bonds is 13. The molecule has 3 amide bonds. The van der Waals surface area contributed by atoms with Gasteiger partial charge in [-0.25, -0.2) is 9.18 Å². The lowest BCUT2D eigenvalue weighted by Gasteiger charge is -2.37. The molecule has 0 saturated carbocycles. The first-order valence-electron chi connectivity index (χ1n) is 10.9. The van der Waals surface area contributed by atoms with E-state index in [1.54, 1.807) is 0 Å². The number of nitrogens with two attached hydrogens (primary N) is 1. The molecule has 1 rings (SSSR count). The number of nitrogens with zero attached hydrogens (tertiary/aromatic N) is 2. The molecule has 0 saturated heterocycles. The number of halogens is 1. The summed E-state index contributed by atoms with van der Waals surface area (Å²) in [5, 5.41) is 11.1. The third kappa shape index (κ3) is 8.26. The summed E-state index contributed by atoms with van der Waals surface area (Å²) in [6, 6.07) is 2.37. The number of carbonyl (C=O) groups is 3. The molecule has 0 aliphatic rings. The van der Waals surface area contributed by atoms with E-state index in [0.717, 1.165) is 17.0 Å². The van der Waals surface area contributed by atoms with Gasteiger partial charge in [-0.15, -0.1) is 0 Å². The Balaban J connectivity index is 3.34. The van der Waals surface area contributed by atoms with E-state index in [9.17, 15) is 18.8 Å². The maximum atomic E-state index is 13.5. The summed E-state index contributed by atoms with van der Waals surface area (Å²) in [4.78, 5) is 40.6. The van der Waals surface area contributed by atoms with Crippen molar-refractivity contribution < 1.29 is 33.4 Å². The molecule has 33 heavy (non-hydrogen) atoms. The van der Waals surface area contributed by atoms with Crippen molar-refractivity contribution in [2.75, 3.05) is 31.2 Å². The minimum atomic E-state index is -1.43. The predicted molar refractivity (Wildman–Crippen MR) is 121 cm³/mol. The fourth-order valence-corrected chi connectivity index (χ4v) is 3.27. The van der Waals surface area contributed by atoms with E-state index in [0.29, 0.717) is 13.2 Å². The first kappa shape index (κ1) is 28.3. The van der Waals surface area contributed by atoms with Crippen molar-refractivity contribution in [2.24, 2.45) is 5.73 Å². The Hall–Kier alpha value is -2.76. The van der Waals surface area contributed by atoms with Crippen LogP contribution in [0.15, 0.2) is 24.3 Å². The summed E-state index contributed by atoms with van der Waals surface area (Å²) in [5.41, 5.74) is 5.84. The lowest BCUT2D eigenvalue weighted by Crippen LogP contribution is -2.59. The first-order valence-corrected chi connectivity index (χ1v) is 10.9. The molecule has 0 fully saturated rings. The van der Waals surface area contributed by atoms with Gasteiger partial charge in [-0.1, -0.05) is 0 Å². The summed E-state index contributed by atoms with van der Waals surface area (Å²) in [7, 11) is 0. The topological polar surface area (TPSA) is 134 Å². The van der Waals surface area contributed by atoms with Gasteiger partial charge >= 0.3 is 6.09 Å². The third-order valence-electron chi connectivity index (χ3n) is 4.88. The van der Waals surface area contributed by atoms with Crippen LogP contribution in [-0.4, -0.2) is 78.6 Å². The molecule has 0 spiro atoms. The minimum absolute atomic E-state index is 0.127. The van der Waals surface area contributed by atoms with Crippen molar-refractivity contribution in [3.8, 4) is 0 Å². The molecule has 186 valence electrons. The number of benzene rings is 1. The molecule has 0 radical (unpaired) electrons. The van der Waals surface area contributed by atoms with Crippen LogP contribution in [0.2, 0.25) is 0 Å². The number of nitrogens with one attached hydrogen (secondary N) is 1. The Morgan fingerprint density at radius 1 is 1.06 bits per heavy atom. The van der Waals surface area contributed by atoms with E-state index in [1.807, 2.05) is 27.7 Å². The molecule has 0 aliphatic heterocycles. The third-order valence-corrected chi connectivity index (χ3v) is 4.88. The van der Waals surface area contributed by atoms with Crippen LogP contribution < -0.4 is 16.0 Å². The number of anilines is 1. The summed E-state index contributed by atoms with van der Waals surface area (Å²) in [5.74, 6) is -1.68.